The van der Waals surface area contributed by atoms with E-state index in [9.17, 15) is 4.79 Å². The summed E-state index contributed by atoms with van der Waals surface area (Å²) < 4.78 is 10.5. The molecule has 0 aromatic heterocycles. The van der Waals surface area contributed by atoms with Crippen molar-refractivity contribution >= 4 is 34.4 Å². The number of amidine groups is 1. The summed E-state index contributed by atoms with van der Waals surface area (Å²) in [6.45, 7) is 1.18. The van der Waals surface area contributed by atoms with Crippen LogP contribution < -0.4 is 9.47 Å². The maximum absolute atomic E-state index is 12.9. The number of benzene rings is 2. The van der Waals surface area contributed by atoms with Gasteiger partial charge in [0.1, 0.15) is 0 Å². The molecule has 3 rings (SSSR count). The molecule has 0 fully saturated rings. The number of rotatable bonds is 5. The first kappa shape index (κ1) is 18.6. The normalized spacial score (nSPS) is 13.5. The first-order valence-corrected chi connectivity index (χ1v) is 9.44. The lowest BCUT2D eigenvalue weighted by Gasteiger charge is -2.18. The van der Waals surface area contributed by atoms with E-state index in [4.69, 9.17) is 21.1 Å². The number of nitrogens with zero attached hydrogens (tertiary/aromatic N) is 2. The molecule has 1 heterocycles. The van der Waals surface area contributed by atoms with Crippen molar-refractivity contribution in [2.45, 2.75) is 5.75 Å². The Kier molecular flexibility index (Phi) is 6.06. The number of amides is 1. The third-order valence-electron chi connectivity index (χ3n) is 3.93. The molecular weight excluding hydrogens is 372 g/mol. The van der Waals surface area contributed by atoms with Crippen molar-refractivity contribution < 1.29 is 14.3 Å². The highest BCUT2D eigenvalue weighted by Crippen LogP contribution is 2.29. The van der Waals surface area contributed by atoms with E-state index in [0.29, 0.717) is 40.9 Å². The van der Waals surface area contributed by atoms with Gasteiger partial charge in [0.05, 0.1) is 20.8 Å². The van der Waals surface area contributed by atoms with E-state index in [1.54, 1.807) is 37.3 Å². The molecule has 1 aliphatic rings. The van der Waals surface area contributed by atoms with Crippen LogP contribution in [0.1, 0.15) is 15.9 Å². The highest BCUT2D eigenvalue weighted by molar-refractivity contribution is 8.13. The molecule has 0 unspecified atom stereocenters. The third kappa shape index (κ3) is 4.14. The fraction of sp³-hybridized carbons (Fsp3) is 0.263. The van der Waals surface area contributed by atoms with Gasteiger partial charge in [0.25, 0.3) is 5.91 Å². The summed E-state index contributed by atoms with van der Waals surface area (Å²) in [7, 11) is 3.12. The van der Waals surface area contributed by atoms with E-state index < -0.39 is 0 Å². The molecule has 0 radical (unpaired) electrons. The molecule has 1 aliphatic heterocycles. The second kappa shape index (κ2) is 8.47. The van der Waals surface area contributed by atoms with Crippen molar-refractivity contribution in [3.8, 4) is 11.5 Å². The molecule has 0 aliphatic carbocycles. The lowest BCUT2D eigenvalue weighted by Crippen LogP contribution is -2.32. The van der Waals surface area contributed by atoms with Gasteiger partial charge in [-0.2, -0.15) is 0 Å². The molecule has 2 aromatic carbocycles. The van der Waals surface area contributed by atoms with E-state index in [0.717, 1.165) is 10.7 Å². The summed E-state index contributed by atoms with van der Waals surface area (Å²) in [5.41, 5.74) is 1.64. The Hall–Kier alpha value is -2.18. The minimum atomic E-state index is -0.0965. The number of hydrogen-bond donors (Lipinski definition) is 0. The quantitative estimate of drug-likeness (QED) is 0.771. The Morgan fingerprint density at radius 3 is 2.73 bits per heavy atom. The average Bonchev–Trinajstić information content (AvgIpc) is 3.13. The first-order chi connectivity index (χ1) is 12.6. The van der Waals surface area contributed by atoms with Gasteiger partial charge >= 0.3 is 0 Å². The molecule has 2 aromatic rings. The molecule has 7 heteroatoms. The molecular formula is C19H19ClN2O3S. The van der Waals surface area contributed by atoms with Crippen LogP contribution in [0.3, 0.4) is 0 Å². The van der Waals surface area contributed by atoms with Crippen LogP contribution in [0.2, 0.25) is 5.02 Å². The van der Waals surface area contributed by atoms with Crippen LogP contribution >= 0.6 is 23.4 Å². The standard InChI is InChI=1S/C19H19ClN2O3S/c1-24-16-7-6-14(11-17(16)25-2)18(23)22-9-8-21-19(22)26-12-13-4-3-5-15(20)10-13/h3-7,10-11H,8-9,12H2,1-2H3. The molecule has 1 amide bonds. The topological polar surface area (TPSA) is 51.1 Å². The van der Waals surface area contributed by atoms with Crippen LogP contribution in [0.5, 0.6) is 11.5 Å². The van der Waals surface area contributed by atoms with Crippen molar-refractivity contribution in [1.29, 1.82) is 0 Å². The van der Waals surface area contributed by atoms with E-state index in [1.165, 1.54) is 11.8 Å². The van der Waals surface area contributed by atoms with E-state index in [-0.39, 0.29) is 5.91 Å². The number of halogens is 1. The predicted molar refractivity (Wildman–Crippen MR) is 106 cm³/mol. The Labute approximate surface area is 162 Å². The molecule has 0 atom stereocenters. The van der Waals surface area contributed by atoms with Crippen molar-refractivity contribution in [2.24, 2.45) is 4.99 Å². The lowest BCUT2D eigenvalue weighted by atomic mass is 10.2. The summed E-state index contributed by atoms with van der Waals surface area (Å²) in [5, 5.41) is 1.43. The minimum Gasteiger partial charge on any atom is -0.493 e. The molecule has 0 bridgehead atoms. The molecule has 0 N–H and O–H groups in total. The van der Waals surface area contributed by atoms with Gasteiger partial charge < -0.3 is 9.47 Å². The van der Waals surface area contributed by atoms with Crippen LogP contribution in [-0.4, -0.2) is 43.3 Å². The number of carbonyl (C=O) groups is 1. The van der Waals surface area contributed by atoms with Crippen molar-refractivity contribution in [3.05, 3.63) is 58.6 Å². The Balaban J connectivity index is 1.72. The highest BCUT2D eigenvalue weighted by atomic mass is 35.5. The van der Waals surface area contributed by atoms with Gasteiger partial charge in [0.2, 0.25) is 0 Å². The highest BCUT2D eigenvalue weighted by Gasteiger charge is 2.26. The summed E-state index contributed by atoms with van der Waals surface area (Å²) >= 11 is 7.56. The zero-order chi connectivity index (χ0) is 18.5. The SMILES string of the molecule is COc1ccc(C(=O)N2CCN=C2SCc2cccc(Cl)c2)cc1OC. The molecule has 26 heavy (non-hydrogen) atoms. The zero-order valence-electron chi connectivity index (χ0n) is 14.6. The van der Waals surface area contributed by atoms with Crippen LogP contribution in [0.4, 0.5) is 0 Å². The third-order valence-corrected chi connectivity index (χ3v) is 5.25. The minimum absolute atomic E-state index is 0.0965. The number of hydrogen-bond acceptors (Lipinski definition) is 5. The maximum atomic E-state index is 12.9. The lowest BCUT2D eigenvalue weighted by molar-refractivity contribution is 0.0860. The summed E-state index contributed by atoms with van der Waals surface area (Å²) in [4.78, 5) is 19.1. The number of thioether (sulfide) groups is 1. The fourth-order valence-corrected chi connectivity index (χ4v) is 3.84. The molecule has 0 spiro atoms. The second-order valence-corrected chi connectivity index (χ2v) is 6.99. The summed E-state index contributed by atoms with van der Waals surface area (Å²) in [6.07, 6.45) is 0. The summed E-state index contributed by atoms with van der Waals surface area (Å²) in [5.74, 6) is 1.73. The number of methoxy groups -OCH3 is 2. The first-order valence-electron chi connectivity index (χ1n) is 8.08. The van der Waals surface area contributed by atoms with Crippen LogP contribution in [0.25, 0.3) is 0 Å². The van der Waals surface area contributed by atoms with Gasteiger partial charge in [-0.15, -0.1) is 0 Å². The Morgan fingerprint density at radius 1 is 1.19 bits per heavy atom. The van der Waals surface area contributed by atoms with E-state index in [1.807, 2.05) is 24.3 Å². The van der Waals surface area contributed by atoms with Gasteiger partial charge in [-0.3, -0.25) is 14.7 Å². The zero-order valence-corrected chi connectivity index (χ0v) is 16.1. The molecule has 5 nitrogen and oxygen atoms in total. The monoisotopic (exact) mass is 390 g/mol. The molecule has 0 saturated heterocycles. The van der Waals surface area contributed by atoms with E-state index in [2.05, 4.69) is 4.99 Å². The van der Waals surface area contributed by atoms with Crippen molar-refractivity contribution in [3.63, 3.8) is 0 Å². The largest absolute Gasteiger partial charge is 0.493 e. The van der Waals surface area contributed by atoms with Crippen molar-refractivity contribution in [1.82, 2.24) is 4.90 Å². The second-order valence-electron chi connectivity index (χ2n) is 5.61. The molecule has 136 valence electrons. The predicted octanol–water partition coefficient (Wildman–Crippen LogP) is 4.10. The smallest absolute Gasteiger partial charge is 0.260 e. The van der Waals surface area contributed by atoms with Crippen molar-refractivity contribution in [2.75, 3.05) is 27.3 Å². The number of aliphatic imine (C=N–C) groups is 1. The van der Waals surface area contributed by atoms with Gasteiger partial charge in [-0.1, -0.05) is 35.5 Å². The van der Waals surface area contributed by atoms with Gasteiger partial charge in [0.15, 0.2) is 16.7 Å². The Bertz CT molecular complexity index is 841. The number of carbonyl (C=O) groups excluding carboxylic acids is 1. The van der Waals surface area contributed by atoms with Gasteiger partial charge in [-0.25, -0.2) is 0 Å². The number of ether oxygens (including phenoxy) is 2. The maximum Gasteiger partial charge on any atom is 0.260 e. The van der Waals surface area contributed by atoms with Crippen LogP contribution in [0, 0.1) is 0 Å². The molecule has 0 saturated carbocycles. The van der Waals surface area contributed by atoms with Crippen LogP contribution in [-0.2, 0) is 5.75 Å². The van der Waals surface area contributed by atoms with Gasteiger partial charge in [0, 0.05) is 22.9 Å². The van der Waals surface area contributed by atoms with Gasteiger partial charge in [-0.05, 0) is 35.9 Å². The van der Waals surface area contributed by atoms with Crippen LogP contribution in [0.15, 0.2) is 47.5 Å². The Morgan fingerprint density at radius 2 is 2.00 bits per heavy atom. The summed E-state index contributed by atoms with van der Waals surface area (Å²) in [6, 6.07) is 12.9. The average molecular weight is 391 g/mol. The van der Waals surface area contributed by atoms with E-state index >= 15 is 0 Å². The fourth-order valence-electron chi connectivity index (χ4n) is 2.64.